The van der Waals surface area contributed by atoms with E-state index < -0.39 is 11.2 Å². The van der Waals surface area contributed by atoms with Gasteiger partial charge in [0.15, 0.2) is 0 Å². The quantitative estimate of drug-likeness (QED) is 0.684. The maximum absolute atomic E-state index is 13.6. The molecule has 0 radical (unpaired) electrons. The predicted octanol–water partition coefficient (Wildman–Crippen LogP) is 2.65. The van der Waals surface area contributed by atoms with Crippen molar-refractivity contribution in [2.24, 2.45) is 7.05 Å². The van der Waals surface area contributed by atoms with E-state index in [9.17, 15) is 14.0 Å². The first-order chi connectivity index (χ1) is 14.0. The number of aromatic nitrogens is 1. The first-order valence-corrected chi connectivity index (χ1v) is 9.45. The van der Waals surface area contributed by atoms with Gasteiger partial charge in [0.2, 0.25) is 5.43 Å². The van der Waals surface area contributed by atoms with Crippen LogP contribution in [-0.2, 0) is 7.05 Å². The molecule has 0 aliphatic carbocycles. The second-order valence-electron chi connectivity index (χ2n) is 7.10. The van der Waals surface area contributed by atoms with Crippen LogP contribution in [0.2, 0.25) is 0 Å². The Hall–Kier alpha value is -3.35. The molecule has 2 heterocycles. The second-order valence-corrected chi connectivity index (χ2v) is 7.10. The molecule has 2 aromatic carbocycles. The SMILES string of the molecule is COc1ccccc1N1CCN(C(=O)c2cn(C)c3ccc(F)cc3c2=O)CC1. The number of fused-ring (bicyclic) bond motifs is 1. The van der Waals surface area contributed by atoms with Crippen molar-refractivity contribution in [3.05, 3.63) is 70.3 Å². The number of carbonyl (C=O) groups excluding carboxylic acids is 1. The Morgan fingerprint density at radius 1 is 1.07 bits per heavy atom. The van der Waals surface area contributed by atoms with Gasteiger partial charge in [-0.3, -0.25) is 9.59 Å². The van der Waals surface area contributed by atoms with Gasteiger partial charge >= 0.3 is 0 Å². The number of pyridine rings is 1. The number of rotatable bonds is 3. The van der Waals surface area contributed by atoms with Crippen LogP contribution >= 0.6 is 0 Å². The molecule has 3 aromatic rings. The van der Waals surface area contributed by atoms with Crippen LogP contribution in [0.1, 0.15) is 10.4 Å². The maximum Gasteiger partial charge on any atom is 0.259 e. The summed E-state index contributed by atoms with van der Waals surface area (Å²) in [4.78, 5) is 29.7. The zero-order valence-electron chi connectivity index (χ0n) is 16.4. The normalized spacial score (nSPS) is 14.3. The van der Waals surface area contributed by atoms with Crippen molar-refractivity contribution in [2.75, 3.05) is 38.2 Å². The Kier molecular flexibility index (Phi) is 4.96. The van der Waals surface area contributed by atoms with E-state index in [0.29, 0.717) is 31.7 Å². The molecule has 1 fully saturated rings. The lowest BCUT2D eigenvalue weighted by Gasteiger charge is -2.36. The number of aryl methyl sites for hydroxylation is 1. The van der Waals surface area contributed by atoms with E-state index in [1.807, 2.05) is 24.3 Å². The van der Waals surface area contributed by atoms with Gasteiger partial charge in [0, 0.05) is 44.8 Å². The number of hydrogen-bond acceptors (Lipinski definition) is 4. The van der Waals surface area contributed by atoms with Gasteiger partial charge in [0.1, 0.15) is 17.1 Å². The third-order valence-corrected chi connectivity index (χ3v) is 5.37. The number of hydrogen-bond donors (Lipinski definition) is 0. The zero-order chi connectivity index (χ0) is 20.5. The molecule has 1 amide bonds. The van der Waals surface area contributed by atoms with Crippen molar-refractivity contribution in [1.82, 2.24) is 9.47 Å². The van der Waals surface area contributed by atoms with Crippen molar-refractivity contribution in [3.8, 4) is 5.75 Å². The van der Waals surface area contributed by atoms with E-state index in [0.717, 1.165) is 11.4 Å². The Balaban J connectivity index is 1.57. The van der Waals surface area contributed by atoms with Crippen LogP contribution in [0.25, 0.3) is 10.9 Å². The molecular weight excluding hydrogens is 373 g/mol. The first-order valence-electron chi connectivity index (χ1n) is 9.45. The number of ether oxygens (including phenoxy) is 1. The summed E-state index contributed by atoms with van der Waals surface area (Å²) >= 11 is 0. The van der Waals surface area contributed by atoms with Crippen molar-refractivity contribution >= 4 is 22.5 Å². The summed E-state index contributed by atoms with van der Waals surface area (Å²) in [5.74, 6) is -0.0289. The minimum Gasteiger partial charge on any atom is -0.495 e. The summed E-state index contributed by atoms with van der Waals surface area (Å²) in [6, 6.07) is 11.8. The van der Waals surface area contributed by atoms with Gasteiger partial charge in [-0.05, 0) is 30.3 Å². The van der Waals surface area contributed by atoms with Crippen molar-refractivity contribution in [2.45, 2.75) is 0 Å². The van der Waals surface area contributed by atoms with Crippen LogP contribution < -0.4 is 15.1 Å². The molecule has 0 N–H and O–H groups in total. The lowest BCUT2D eigenvalue weighted by atomic mass is 10.1. The number of anilines is 1. The monoisotopic (exact) mass is 395 g/mol. The smallest absolute Gasteiger partial charge is 0.259 e. The predicted molar refractivity (Wildman–Crippen MR) is 110 cm³/mol. The average Bonchev–Trinajstić information content (AvgIpc) is 2.75. The van der Waals surface area contributed by atoms with E-state index in [-0.39, 0.29) is 16.9 Å². The van der Waals surface area contributed by atoms with Crippen LogP contribution in [0.5, 0.6) is 5.75 Å². The molecule has 4 rings (SSSR count). The molecule has 1 aliphatic heterocycles. The molecule has 150 valence electrons. The summed E-state index contributed by atoms with van der Waals surface area (Å²) in [5, 5.41) is 0.214. The molecule has 7 heteroatoms. The molecule has 0 atom stereocenters. The van der Waals surface area contributed by atoms with Gasteiger partial charge in [-0.1, -0.05) is 12.1 Å². The van der Waals surface area contributed by atoms with E-state index in [1.54, 1.807) is 29.7 Å². The van der Waals surface area contributed by atoms with E-state index in [1.165, 1.54) is 18.3 Å². The number of amides is 1. The molecule has 0 bridgehead atoms. The zero-order valence-corrected chi connectivity index (χ0v) is 16.4. The van der Waals surface area contributed by atoms with Crippen LogP contribution in [0, 0.1) is 5.82 Å². The van der Waals surface area contributed by atoms with Crippen LogP contribution in [0.4, 0.5) is 10.1 Å². The molecule has 0 unspecified atom stereocenters. The highest BCUT2D eigenvalue weighted by atomic mass is 19.1. The Labute approximate surface area is 167 Å². The summed E-state index contributed by atoms with van der Waals surface area (Å²) in [6.07, 6.45) is 1.54. The molecule has 1 aromatic heterocycles. The van der Waals surface area contributed by atoms with E-state index >= 15 is 0 Å². The van der Waals surface area contributed by atoms with Crippen LogP contribution in [0.3, 0.4) is 0 Å². The third-order valence-electron chi connectivity index (χ3n) is 5.37. The van der Waals surface area contributed by atoms with Crippen molar-refractivity contribution in [1.29, 1.82) is 0 Å². The van der Waals surface area contributed by atoms with Gasteiger partial charge in [-0.25, -0.2) is 4.39 Å². The lowest BCUT2D eigenvalue weighted by molar-refractivity contribution is 0.0745. The fourth-order valence-corrected chi connectivity index (χ4v) is 3.83. The van der Waals surface area contributed by atoms with Gasteiger partial charge in [-0.2, -0.15) is 0 Å². The van der Waals surface area contributed by atoms with Crippen molar-refractivity contribution < 1.29 is 13.9 Å². The fourth-order valence-electron chi connectivity index (χ4n) is 3.83. The molecule has 1 aliphatic rings. The van der Waals surface area contributed by atoms with Crippen LogP contribution in [-0.4, -0.2) is 48.7 Å². The molecule has 1 saturated heterocycles. The first kappa shape index (κ1) is 19.0. The second kappa shape index (κ2) is 7.58. The summed E-state index contributed by atoms with van der Waals surface area (Å²) < 4.78 is 20.8. The maximum atomic E-state index is 13.6. The highest BCUT2D eigenvalue weighted by molar-refractivity contribution is 5.97. The van der Waals surface area contributed by atoms with Gasteiger partial charge in [0.25, 0.3) is 5.91 Å². The van der Waals surface area contributed by atoms with Crippen LogP contribution in [0.15, 0.2) is 53.5 Å². The minimum absolute atomic E-state index is 0.0661. The Morgan fingerprint density at radius 3 is 2.52 bits per heavy atom. The number of para-hydroxylation sites is 2. The number of halogens is 1. The number of carbonyl (C=O) groups is 1. The molecule has 29 heavy (non-hydrogen) atoms. The molecular formula is C22H22FN3O3. The lowest BCUT2D eigenvalue weighted by Crippen LogP contribution is -2.49. The molecule has 0 saturated carbocycles. The highest BCUT2D eigenvalue weighted by Gasteiger charge is 2.26. The molecule has 6 nitrogen and oxygen atoms in total. The van der Waals surface area contributed by atoms with E-state index in [2.05, 4.69) is 4.90 Å². The highest BCUT2D eigenvalue weighted by Crippen LogP contribution is 2.28. The van der Waals surface area contributed by atoms with Gasteiger partial charge in [0.05, 0.1) is 18.3 Å². The van der Waals surface area contributed by atoms with Gasteiger partial charge in [-0.15, -0.1) is 0 Å². The molecule has 0 spiro atoms. The minimum atomic E-state index is -0.496. The third kappa shape index (κ3) is 3.44. The topological polar surface area (TPSA) is 54.8 Å². The standard InChI is InChI=1S/C22H22FN3O3/c1-24-14-17(21(27)16-13-15(23)7-8-18(16)24)22(28)26-11-9-25(10-12-26)19-5-3-4-6-20(19)29-2/h3-8,13-14H,9-12H2,1-2H3. The number of methoxy groups -OCH3 is 1. The Morgan fingerprint density at radius 2 is 1.79 bits per heavy atom. The van der Waals surface area contributed by atoms with E-state index in [4.69, 9.17) is 4.74 Å². The fraction of sp³-hybridized carbons (Fsp3) is 0.273. The number of nitrogens with zero attached hydrogens (tertiary/aromatic N) is 3. The number of piperazine rings is 1. The van der Waals surface area contributed by atoms with Gasteiger partial charge < -0.3 is 19.1 Å². The average molecular weight is 395 g/mol. The largest absolute Gasteiger partial charge is 0.495 e. The summed E-state index contributed by atoms with van der Waals surface area (Å²) in [7, 11) is 3.38. The summed E-state index contributed by atoms with van der Waals surface area (Å²) in [6.45, 7) is 2.24. The Bertz CT molecular complexity index is 1130. The van der Waals surface area contributed by atoms with Crippen molar-refractivity contribution in [3.63, 3.8) is 0 Å². The number of benzene rings is 2. The summed E-state index contributed by atoms with van der Waals surface area (Å²) in [5.41, 5.74) is 1.21.